The van der Waals surface area contributed by atoms with Crippen LogP contribution < -0.4 is 26.8 Å². The molecular formula is C30H40N8O10S2. The number of carbonyl (C=O) groups excluding carboxylic acids is 2. The van der Waals surface area contributed by atoms with Gasteiger partial charge in [0.2, 0.25) is 0 Å². The highest BCUT2D eigenvalue weighted by molar-refractivity contribution is 7.80. The van der Waals surface area contributed by atoms with Gasteiger partial charge in [-0.15, -0.1) is 15.6 Å². The minimum atomic E-state index is -5.03. The van der Waals surface area contributed by atoms with Crippen LogP contribution in [0.1, 0.15) is 69.7 Å². The van der Waals surface area contributed by atoms with E-state index in [0.29, 0.717) is 35.7 Å². The third-order valence-electron chi connectivity index (χ3n) is 8.92. The Kier molecular flexibility index (Phi) is 10.7. The zero-order valence-electron chi connectivity index (χ0n) is 27.6. The van der Waals surface area contributed by atoms with Crippen LogP contribution in [-0.2, 0) is 40.3 Å². The van der Waals surface area contributed by atoms with Crippen LogP contribution in [-0.4, -0.2) is 99.9 Å². The minimum Gasteiger partial charge on any atom is -0.485 e. The maximum Gasteiger partial charge on any atom is 0.418 e. The molecule has 20 heteroatoms. The van der Waals surface area contributed by atoms with Gasteiger partial charge in [-0.2, -0.15) is 13.5 Å². The second kappa shape index (κ2) is 14.5. The number of aliphatic carboxylic acids is 1. The Bertz CT molecular complexity index is 1810. The number of amidine groups is 1. The number of aliphatic imine (C=N–C) groups is 1. The van der Waals surface area contributed by atoms with Crippen molar-refractivity contribution in [3.05, 3.63) is 40.4 Å². The topological polar surface area (TPSA) is 270 Å². The largest absolute Gasteiger partial charge is 0.485 e. The second-order valence-corrected chi connectivity index (χ2v) is 14.8. The Morgan fingerprint density at radius 2 is 2.08 bits per heavy atom. The number of carboxylic acid groups (broad SMARTS) is 1. The Balaban J connectivity index is 1.30. The normalized spacial score (nSPS) is 23.3. The van der Waals surface area contributed by atoms with Gasteiger partial charge in [0, 0.05) is 23.5 Å². The molecule has 2 amide bonds. The number of hydrogen-bond acceptors (Lipinski definition) is 14. The van der Waals surface area contributed by atoms with E-state index in [0.717, 1.165) is 41.9 Å². The standard InChI is InChI=1S/C30H40N8O10S2/c1-29(2)23(26(40)38(29)48-50(43,44)45)36-25(39)22(19-15-49-28(32)35-19)37-47-30(3,27(41)42)21-11-9-16-14-17(8-10-20(16)46-21)24(31)34-13-5-7-18-6-4-12-33-18/h8,10,14-15,18,21,23,33H,4-7,9,11-13H2,1-3H3,(H2,31,34)(H2,32,35)(H,36,39)(H,41,42)(H,43,44,45)/b37-22-/t18-,21+,23+,30-/m0/s1. The lowest BCUT2D eigenvalue weighted by molar-refractivity contribution is -0.218. The van der Waals surface area contributed by atoms with Crippen molar-refractivity contribution in [2.45, 2.75) is 88.6 Å². The number of rotatable bonds is 14. The minimum absolute atomic E-state index is 0.0629. The summed E-state index contributed by atoms with van der Waals surface area (Å²) >= 11 is 0.969. The molecule has 0 unspecified atom stereocenters. The lowest BCUT2D eigenvalue weighted by Crippen LogP contribution is -2.76. The van der Waals surface area contributed by atoms with E-state index >= 15 is 0 Å². The van der Waals surface area contributed by atoms with E-state index in [1.807, 2.05) is 6.07 Å². The predicted octanol–water partition coefficient (Wildman–Crippen LogP) is 0.761. The molecule has 18 nitrogen and oxygen atoms in total. The number of aromatic nitrogens is 1. The number of benzene rings is 1. The van der Waals surface area contributed by atoms with Crippen molar-refractivity contribution >= 4 is 56.2 Å². The molecule has 4 heterocycles. The van der Waals surface area contributed by atoms with Crippen LogP contribution in [0.25, 0.3) is 0 Å². The third-order valence-corrected chi connectivity index (χ3v) is 9.93. The first-order valence-corrected chi connectivity index (χ1v) is 18.1. The van der Waals surface area contributed by atoms with Gasteiger partial charge in [0.05, 0.1) is 5.54 Å². The number of nitrogens with zero attached hydrogens (tertiary/aromatic N) is 4. The van der Waals surface area contributed by atoms with Crippen molar-refractivity contribution in [2.75, 3.05) is 18.8 Å². The summed E-state index contributed by atoms with van der Waals surface area (Å²) in [5.74, 6) is -2.60. The van der Waals surface area contributed by atoms with E-state index in [2.05, 4.69) is 30.0 Å². The average molecular weight is 737 g/mol. The molecule has 8 N–H and O–H groups in total. The highest BCUT2D eigenvalue weighted by Gasteiger charge is 2.58. The van der Waals surface area contributed by atoms with E-state index < -0.39 is 57.2 Å². The van der Waals surface area contributed by atoms with Gasteiger partial charge < -0.3 is 36.8 Å². The number of fused-ring (bicyclic) bond motifs is 1. The van der Waals surface area contributed by atoms with Gasteiger partial charge >= 0.3 is 16.4 Å². The number of aryl methyl sites for hydroxylation is 1. The quantitative estimate of drug-likeness (QED) is 0.0391. The molecule has 0 bridgehead atoms. The molecule has 4 atom stereocenters. The monoisotopic (exact) mass is 736 g/mol. The zero-order valence-corrected chi connectivity index (χ0v) is 29.3. The van der Waals surface area contributed by atoms with Crippen LogP contribution in [0.3, 0.4) is 0 Å². The number of carbonyl (C=O) groups is 3. The SMILES string of the molecule is CC1(C)[C@H](NC(=O)/C(=N\O[C@](C)(C(=O)O)[C@H]2CCc3cc(C(N)=NCCC[C@@H]4CCCN4)ccc3O2)c2csc(N)n2)C(=O)N1OS(=O)(=O)O. The Hall–Kier alpha value is -4.37. The van der Waals surface area contributed by atoms with E-state index in [1.54, 1.807) is 12.1 Å². The number of amides is 2. The molecule has 0 aliphatic carbocycles. The molecule has 272 valence electrons. The summed E-state index contributed by atoms with van der Waals surface area (Å²) in [4.78, 5) is 52.9. The van der Waals surface area contributed by atoms with Crippen molar-refractivity contribution < 1.29 is 46.3 Å². The van der Waals surface area contributed by atoms with Crippen LogP contribution in [0.15, 0.2) is 33.7 Å². The number of nitrogen functional groups attached to an aromatic ring is 1. The number of β-lactam (4-membered cyclic amide) rings is 1. The second-order valence-electron chi connectivity index (χ2n) is 12.9. The summed E-state index contributed by atoms with van der Waals surface area (Å²) in [6.07, 6.45) is 3.91. The van der Waals surface area contributed by atoms with Crippen molar-refractivity contribution in [2.24, 2.45) is 15.9 Å². The summed E-state index contributed by atoms with van der Waals surface area (Å²) in [6, 6.07) is 4.50. The maximum atomic E-state index is 13.5. The highest BCUT2D eigenvalue weighted by atomic mass is 32.3. The number of nitrogens with two attached hydrogens (primary N) is 2. The van der Waals surface area contributed by atoms with Crippen LogP contribution in [0.2, 0.25) is 0 Å². The molecule has 2 saturated heterocycles. The molecule has 2 aromatic rings. The van der Waals surface area contributed by atoms with Crippen molar-refractivity contribution in [3.63, 3.8) is 0 Å². The fourth-order valence-corrected chi connectivity index (χ4v) is 6.97. The van der Waals surface area contributed by atoms with Crippen LogP contribution in [0.5, 0.6) is 5.75 Å². The number of hydrogen-bond donors (Lipinski definition) is 6. The lowest BCUT2D eigenvalue weighted by atomic mass is 9.84. The molecule has 2 fully saturated rings. The Morgan fingerprint density at radius 3 is 2.70 bits per heavy atom. The molecule has 3 aliphatic rings. The van der Waals surface area contributed by atoms with Gasteiger partial charge in [0.25, 0.3) is 17.4 Å². The van der Waals surface area contributed by atoms with E-state index in [4.69, 9.17) is 25.6 Å². The van der Waals surface area contributed by atoms with Crippen LogP contribution >= 0.6 is 11.3 Å². The van der Waals surface area contributed by atoms with Gasteiger partial charge in [0.15, 0.2) is 16.9 Å². The Labute approximate surface area is 292 Å². The third kappa shape index (κ3) is 7.99. The molecule has 1 aromatic heterocycles. The summed E-state index contributed by atoms with van der Waals surface area (Å²) < 4.78 is 41.8. The first kappa shape index (κ1) is 36.9. The summed E-state index contributed by atoms with van der Waals surface area (Å²) in [7, 11) is -5.03. The molecule has 1 aromatic carbocycles. The Morgan fingerprint density at radius 1 is 1.32 bits per heavy atom. The zero-order chi connectivity index (χ0) is 36.4. The summed E-state index contributed by atoms with van der Waals surface area (Å²) in [5, 5.41) is 21.9. The molecular weight excluding hydrogens is 697 g/mol. The maximum absolute atomic E-state index is 13.5. The number of ether oxygens (including phenoxy) is 1. The number of nitrogens with one attached hydrogen (secondary N) is 2. The fourth-order valence-electron chi connectivity index (χ4n) is 5.96. The van der Waals surface area contributed by atoms with Crippen molar-refractivity contribution in [3.8, 4) is 5.75 Å². The van der Waals surface area contributed by atoms with Crippen LogP contribution in [0.4, 0.5) is 5.13 Å². The van der Waals surface area contributed by atoms with Crippen molar-refractivity contribution in [1.82, 2.24) is 20.7 Å². The molecule has 3 aliphatic heterocycles. The van der Waals surface area contributed by atoms with Gasteiger partial charge in [-0.1, -0.05) is 5.16 Å². The smallest absolute Gasteiger partial charge is 0.418 e. The number of hydroxylamine groups is 2. The van der Waals surface area contributed by atoms with Gasteiger partial charge in [0.1, 0.15) is 23.3 Å². The van der Waals surface area contributed by atoms with Gasteiger partial charge in [-0.3, -0.25) is 19.1 Å². The van der Waals surface area contributed by atoms with Crippen LogP contribution in [0, 0.1) is 0 Å². The average Bonchev–Trinajstić information content (AvgIpc) is 3.75. The highest BCUT2D eigenvalue weighted by Crippen LogP contribution is 2.35. The molecule has 5 rings (SSSR count). The van der Waals surface area contributed by atoms with Crippen molar-refractivity contribution in [1.29, 1.82) is 0 Å². The van der Waals surface area contributed by atoms with E-state index in [1.165, 1.54) is 39.0 Å². The molecule has 50 heavy (non-hydrogen) atoms. The summed E-state index contributed by atoms with van der Waals surface area (Å²) in [5.41, 5.74) is 9.43. The number of thiazole rings is 1. The van der Waals surface area contributed by atoms with E-state index in [-0.39, 0.29) is 17.2 Å². The molecule has 0 saturated carbocycles. The number of carboxylic acids is 1. The van der Waals surface area contributed by atoms with E-state index in [9.17, 15) is 27.9 Å². The van der Waals surface area contributed by atoms with Gasteiger partial charge in [-0.05, 0) is 89.6 Å². The first-order chi connectivity index (χ1) is 23.5. The predicted molar refractivity (Wildman–Crippen MR) is 181 cm³/mol. The number of oxime groups is 1. The number of anilines is 1. The van der Waals surface area contributed by atoms with Gasteiger partial charge in [-0.25, -0.2) is 9.78 Å². The lowest BCUT2D eigenvalue weighted by Gasteiger charge is -2.50. The molecule has 0 radical (unpaired) electrons. The summed E-state index contributed by atoms with van der Waals surface area (Å²) in [6.45, 7) is 5.67. The first-order valence-electron chi connectivity index (χ1n) is 15.9. The fraction of sp³-hybridized carbons (Fsp3) is 0.533. The molecule has 0 spiro atoms.